The third kappa shape index (κ3) is 6.25. The lowest BCUT2D eigenvalue weighted by molar-refractivity contribution is -0.158. The minimum atomic E-state index is -1.41. The van der Waals surface area contributed by atoms with Gasteiger partial charge >= 0.3 is 0 Å². The molecule has 1 aromatic carbocycles. The largest absolute Gasteiger partial charge is 0.598 e. The molecule has 2 fully saturated rings. The summed E-state index contributed by atoms with van der Waals surface area (Å²) in [5, 5.41) is 15.8. The lowest BCUT2D eigenvalue weighted by Crippen LogP contribution is -2.50. The standard InChI is InChI=1S/C30H37ClN4O5S2/c1-28(2,3)42(38)35-30(6,18-8-7-9-20(31)11-18)19-12-23(41-15-19)24(37)21-13-32-16-33-27(21)34-22-10-17(14-36)25-26(22)40-29(4,5)39-25/h7-9,11-13,15-17,22,25-26,35-36H,10,14H2,1-6H3,(H,32,33,34)/t17-,22-,25-,26+,30-,42?/m1/s1. The second-order valence-corrected chi connectivity index (χ2v) is 15.7. The SMILES string of the molecule is CC1(C)O[C@@H]2[C@@H](CO)C[C@@H](Nc3ncncc3C(=O)c3cc([C@](C)(N[S+]([O-])C(C)(C)C)c4cccc(Cl)c4)cs3)[C@@H]2O1. The number of benzene rings is 1. The molecule has 3 heterocycles. The zero-order chi connectivity index (χ0) is 30.4. The van der Waals surface area contributed by atoms with E-state index in [1.165, 1.54) is 23.9 Å². The van der Waals surface area contributed by atoms with Crippen LogP contribution < -0.4 is 10.0 Å². The summed E-state index contributed by atoms with van der Waals surface area (Å²) in [7, 11) is 0. The van der Waals surface area contributed by atoms with Gasteiger partial charge in [-0.25, -0.2) is 9.97 Å². The smallest absolute Gasteiger partial charge is 0.208 e. The molecule has 0 bridgehead atoms. The maximum Gasteiger partial charge on any atom is 0.208 e. The molecule has 1 unspecified atom stereocenters. The van der Waals surface area contributed by atoms with E-state index in [9.17, 15) is 14.5 Å². The Kier molecular flexibility index (Phi) is 8.79. The van der Waals surface area contributed by atoms with Crippen LogP contribution in [0, 0.1) is 5.92 Å². The van der Waals surface area contributed by atoms with Crippen molar-refractivity contribution in [1.29, 1.82) is 0 Å². The van der Waals surface area contributed by atoms with Crippen LogP contribution >= 0.6 is 22.9 Å². The molecule has 1 saturated carbocycles. The number of aromatic nitrogens is 2. The molecule has 2 aromatic heterocycles. The van der Waals surface area contributed by atoms with E-state index in [2.05, 4.69) is 20.0 Å². The fourth-order valence-corrected chi connectivity index (χ4v) is 7.54. The molecule has 3 N–H and O–H groups in total. The number of thiophene rings is 1. The number of hydrogen-bond donors (Lipinski definition) is 3. The second-order valence-electron chi connectivity index (χ2n) is 12.4. The van der Waals surface area contributed by atoms with Gasteiger partial charge in [0.1, 0.15) is 28.5 Å². The molecule has 12 heteroatoms. The van der Waals surface area contributed by atoms with E-state index in [0.717, 1.165) is 11.1 Å². The Morgan fingerprint density at radius 2 is 1.95 bits per heavy atom. The van der Waals surface area contributed by atoms with Crippen molar-refractivity contribution in [3.63, 3.8) is 0 Å². The van der Waals surface area contributed by atoms with E-state index in [1.807, 2.05) is 71.2 Å². The fraction of sp³-hybridized carbons (Fsp3) is 0.500. The van der Waals surface area contributed by atoms with Gasteiger partial charge in [0.05, 0.1) is 22.6 Å². The second kappa shape index (κ2) is 11.8. The molecule has 3 aromatic rings. The molecule has 226 valence electrons. The van der Waals surface area contributed by atoms with E-state index in [1.54, 1.807) is 6.07 Å². The molecule has 5 rings (SSSR count). The summed E-state index contributed by atoms with van der Waals surface area (Å²) in [5.74, 6) is -0.700. The van der Waals surface area contributed by atoms with Crippen molar-refractivity contribution in [3.8, 4) is 0 Å². The van der Waals surface area contributed by atoms with E-state index < -0.39 is 27.4 Å². The number of carbonyl (C=O) groups is 1. The van der Waals surface area contributed by atoms with Crippen molar-refractivity contribution in [1.82, 2.24) is 14.7 Å². The predicted molar refractivity (Wildman–Crippen MR) is 165 cm³/mol. The number of rotatable bonds is 9. The maximum atomic E-state index is 13.9. The summed E-state index contributed by atoms with van der Waals surface area (Å²) in [6.07, 6.45) is 2.96. The molecular weight excluding hydrogens is 596 g/mol. The number of aliphatic hydroxyl groups excluding tert-OH is 1. The summed E-state index contributed by atoms with van der Waals surface area (Å²) in [6, 6.07) is 9.02. The van der Waals surface area contributed by atoms with Gasteiger partial charge in [-0.3, -0.25) is 4.79 Å². The van der Waals surface area contributed by atoms with E-state index in [0.29, 0.717) is 27.7 Å². The van der Waals surface area contributed by atoms with Crippen LogP contribution in [-0.4, -0.2) is 60.8 Å². The van der Waals surface area contributed by atoms with Crippen molar-refractivity contribution in [3.05, 3.63) is 74.8 Å². The van der Waals surface area contributed by atoms with Gasteiger partial charge in [-0.1, -0.05) is 23.7 Å². The summed E-state index contributed by atoms with van der Waals surface area (Å²) in [5.41, 5.74) is 1.04. The molecule has 1 aliphatic heterocycles. The Balaban J connectivity index is 1.44. The van der Waals surface area contributed by atoms with E-state index >= 15 is 0 Å². The zero-order valence-corrected chi connectivity index (χ0v) is 26.9. The maximum absolute atomic E-state index is 13.9. The van der Waals surface area contributed by atoms with Crippen LogP contribution in [0.2, 0.25) is 5.02 Å². The highest BCUT2D eigenvalue weighted by atomic mass is 35.5. The topological polar surface area (TPSA) is 129 Å². The van der Waals surface area contributed by atoms with Crippen molar-refractivity contribution >= 4 is 45.9 Å². The number of nitrogens with zero attached hydrogens (tertiary/aromatic N) is 2. The summed E-state index contributed by atoms with van der Waals surface area (Å²) < 4.78 is 28.3. The van der Waals surface area contributed by atoms with Gasteiger partial charge < -0.3 is 24.4 Å². The lowest BCUT2D eigenvalue weighted by atomic mass is 9.87. The fourth-order valence-electron chi connectivity index (χ4n) is 5.47. The average molecular weight is 633 g/mol. The van der Waals surface area contributed by atoms with Gasteiger partial charge in [-0.2, -0.15) is 0 Å². The first-order valence-corrected chi connectivity index (χ1v) is 16.2. The van der Waals surface area contributed by atoms with Crippen LogP contribution in [0.5, 0.6) is 0 Å². The number of hydrogen-bond acceptors (Lipinski definition) is 10. The van der Waals surface area contributed by atoms with Crippen LogP contribution in [0.1, 0.15) is 74.3 Å². The Morgan fingerprint density at radius 3 is 2.64 bits per heavy atom. The first-order chi connectivity index (χ1) is 19.7. The third-order valence-corrected chi connectivity index (χ3v) is 10.6. The van der Waals surface area contributed by atoms with Crippen LogP contribution in [0.15, 0.2) is 48.2 Å². The first kappa shape index (κ1) is 31.3. The van der Waals surface area contributed by atoms with Gasteiger partial charge in [-0.15, -0.1) is 16.1 Å². The van der Waals surface area contributed by atoms with Gasteiger partial charge in [0, 0.05) is 35.1 Å². The number of ketones is 1. The van der Waals surface area contributed by atoms with Crippen LogP contribution in [0.4, 0.5) is 5.82 Å². The Bertz CT molecular complexity index is 1450. The summed E-state index contributed by atoms with van der Waals surface area (Å²) in [6.45, 7) is 11.3. The molecule has 0 spiro atoms. The molecule has 1 saturated heterocycles. The minimum Gasteiger partial charge on any atom is -0.598 e. The number of anilines is 1. The van der Waals surface area contributed by atoms with Crippen molar-refractivity contribution in [2.75, 3.05) is 11.9 Å². The number of ether oxygens (including phenoxy) is 2. The summed E-state index contributed by atoms with van der Waals surface area (Å²) >= 11 is 6.24. The molecule has 42 heavy (non-hydrogen) atoms. The average Bonchev–Trinajstić information content (AvgIpc) is 3.62. The molecule has 2 aliphatic rings. The van der Waals surface area contributed by atoms with Crippen LogP contribution in [0.3, 0.4) is 0 Å². The van der Waals surface area contributed by atoms with Gasteiger partial charge in [-0.05, 0) is 82.7 Å². The van der Waals surface area contributed by atoms with E-state index in [-0.39, 0.29) is 36.6 Å². The van der Waals surface area contributed by atoms with Gasteiger partial charge in [0.25, 0.3) is 0 Å². The van der Waals surface area contributed by atoms with Crippen LogP contribution in [0.25, 0.3) is 0 Å². The monoisotopic (exact) mass is 632 g/mol. The molecule has 0 radical (unpaired) electrons. The Hall–Kier alpha value is -2.09. The van der Waals surface area contributed by atoms with Crippen LogP contribution in [-0.2, 0) is 26.4 Å². The molecule has 9 nitrogen and oxygen atoms in total. The number of fused-ring (bicyclic) bond motifs is 1. The lowest BCUT2D eigenvalue weighted by Gasteiger charge is -2.35. The number of halogens is 1. The quantitative estimate of drug-likeness (QED) is 0.219. The van der Waals surface area contributed by atoms with Gasteiger partial charge in [0.2, 0.25) is 5.78 Å². The third-order valence-electron chi connectivity index (χ3n) is 7.75. The summed E-state index contributed by atoms with van der Waals surface area (Å²) in [4.78, 5) is 22.9. The minimum absolute atomic E-state index is 0.0221. The molecule has 1 aliphatic carbocycles. The highest BCUT2D eigenvalue weighted by Gasteiger charge is 2.54. The van der Waals surface area contributed by atoms with E-state index in [4.69, 9.17) is 21.1 Å². The number of carbonyl (C=O) groups excluding carboxylic acids is 1. The molecule has 6 atom stereocenters. The predicted octanol–water partition coefficient (Wildman–Crippen LogP) is 5.05. The zero-order valence-electron chi connectivity index (χ0n) is 24.5. The number of nitrogens with one attached hydrogen (secondary N) is 2. The highest BCUT2D eigenvalue weighted by molar-refractivity contribution is 7.90. The first-order valence-electron chi connectivity index (χ1n) is 13.8. The van der Waals surface area contributed by atoms with Crippen molar-refractivity contribution < 1.29 is 23.9 Å². The van der Waals surface area contributed by atoms with Crippen molar-refractivity contribution in [2.24, 2.45) is 5.92 Å². The van der Waals surface area contributed by atoms with Gasteiger partial charge in [0.15, 0.2) is 5.79 Å². The molecule has 0 amide bonds. The highest BCUT2D eigenvalue weighted by Crippen LogP contribution is 2.43. The normalized spacial score (nSPS) is 25.5. The molecular formula is C30H37ClN4O5S2. The van der Waals surface area contributed by atoms with Crippen molar-refractivity contribution in [2.45, 2.75) is 82.3 Å². The Labute approximate surface area is 258 Å². The Morgan fingerprint density at radius 1 is 1.21 bits per heavy atom. The number of aliphatic hydroxyl groups is 1.